The lowest BCUT2D eigenvalue weighted by Crippen LogP contribution is -2.31. The molecule has 1 N–H and O–H groups in total. The maximum Gasteiger partial charge on any atom is 0.225 e. The van der Waals surface area contributed by atoms with Crippen molar-refractivity contribution >= 4 is 16.8 Å². The number of hydrogen-bond acceptors (Lipinski definition) is 3. The molecule has 1 unspecified atom stereocenters. The molecule has 0 radical (unpaired) electrons. The average Bonchev–Trinajstić information content (AvgIpc) is 2.81. The normalized spacial score (nSPS) is 11.8. The molecular formula is C27H26N2O2. The summed E-state index contributed by atoms with van der Waals surface area (Å²) in [5.74, 6) is 0.753. The number of aromatic nitrogens is 1. The summed E-state index contributed by atoms with van der Waals surface area (Å²) < 4.78 is 5.28. The van der Waals surface area contributed by atoms with Crippen molar-refractivity contribution in [3.8, 4) is 5.75 Å². The fourth-order valence-electron chi connectivity index (χ4n) is 4.00. The summed E-state index contributed by atoms with van der Waals surface area (Å²) in [6.45, 7) is 4.04. The molecule has 4 heteroatoms. The molecule has 1 heterocycles. The van der Waals surface area contributed by atoms with Crippen LogP contribution in [0.5, 0.6) is 5.75 Å². The standard InChI is InChI=1S/C27H26N2O2/c1-18-23-11-7-8-12-25(23)28-19(2)24(18)17-26(30)29-27(20-9-5-4-6-10-20)21-13-15-22(31-3)16-14-21/h4-16,27H,17H2,1-3H3,(H,29,30). The summed E-state index contributed by atoms with van der Waals surface area (Å²) in [6, 6.07) is 25.6. The Labute approximate surface area is 182 Å². The van der Waals surface area contributed by atoms with Crippen molar-refractivity contribution in [2.45, 2.75) is 26.3 Å². The first-order chi connectivity index (χ1) is 15.1. The molecule has 0 spiro atoms. The van der Waals surface area contributed by atoms with E-state index in [1.165, 1.54) is 0 Å². The Balaban J connectivity index is 1.63. The molecule has 0 aliphatic heterocycles. The van der Waals surface area contributed by atoms with Crippen molar-refractivity contribution in [2.75, 3.05) is 7.11 Å². The van der Waals surface area contributed by atoms with E-state index in [2.05, 4.69) is 18.3 Å². The van der Waals surface area contributed by atoms with Crippen molar-refractivity contribution < 1.29 is 9.53 Å². The second-order valence-corrected chi connectivity index (χ2v) is 7.68. The molecule has 3 aromatic carbocycles. The Morgan fingerprint density at radius 1 is 0.903 bits per heavy atom. The minimum absolute atomic E-state index is 0.0343. The second kappa shape index (κ2) is 9.00. The SMILES string of the molecule is COc1ccc(C(NC(=O)Cc2c(C)nc3ccccc3c2C)c2ccccc2)cc1. The predicted molar refractivity (Wildman–Crippen MR) is 124 cm³/mol. The highest BCUT2D eigenvalue weighted by atomic mass is 16.5. The zero-order valence-corrected chi connectivity index (χ0v) is 18.1. The number of fused-ring (bicyclic) bond motifs is 1. The number of rotatable bonds is 6. The van der Waals surface area contributed by atoms with E-state index >= 15 is 0 Å². The third-order valence-electron chi connectivity index (χ3n) is 5.71. The van der Waals surface area contributed by atoms with Crippen molar-refractivity contribution in [1.29, 1.82) is 0 Å². The van der Waals surface area contributed by atoms with Gasteiger partial charge in [-0.1, -0.05) is 60.7 Å². The van der Waals surface area contributed by atoms with Gasteiger partial charge in [-0.25, -0.2) is 0 Å². The summed E-state index contributed by atoms with van der Waals surface area (Å²) in [5.41, 5.74) is 5.99. The maximum absolute atomic E-state index is 13.2. The topological polar surface area (TPSA) is 51.2 Å². The Hall–Kier alpha value is -3.66. The molecule has 4 aromatic rings. The van der Waals surface area contributed by atoms with Crippen molar-refractivity contribution in [3.63, 3.8) is 0 Å². The smallest absolute Gasteiger partial charge is 0.225 e. The molecule has 156 valence electrons. The number of para-hydroxylation sites is 1. The van der Waals surface area contributed by atoms with Gasteiger partial charge in [0.1, 0.15) is 5.75 Å². The van der Waals surface area contributed by atoms with Crippen LogP contribution < -0.4 is 10.1 Å². The van der Waals surface area contributed by atoms with Crippen molar-refractivity contribution in [2.24, 2.45) is 0 Å². The van der Waals surface area contributed by atoms with Gasteiger partial charge in [-0.3, -0.25) is 9.78 Å². The van der Waals surface area contributed by atoms with E-state index < -0.39 is 0 Å². The van der Waals surface area contributed by atoms with Crippen LogP contribution in [0.1, 0.15) is 34.0 Å². The highest BCUT2D eigenvalue weighted by molar-refractivity contribution is 5.86. The van der Waals surface area contributed by atoms with Gasteiger partial charge in [0, 0.05) is 11.1 Å². The van der Waals surface area contributed by atoms with Crippen LogP contribution in [-0.2, 0) is 11.2 Å². The van der Waals surface area contributed by atoms with Gasteiger partial charge in [0.2, 0.25) is 5.91 Å². The van der Waals surface area contributed by atoms with Gasteiger partial charge in [-0.2, -0.15) is 0 Å². The average molecular weight is 411 g/mol. The van der Waals surface area contributed by atoms with E-state index in [0.717, 1.165) is 44.6 Å². The van der Waals surface area contributed by atoms with Crippen LogP contribution in [0.25, 0.3) is 10.9 Å². The molecule has 31 heavy (non-hydrogen) atoms. The van der Waals surface area contributed by atoms with Crippen LogP contribution in [0.4, 0.5) is 0 Å². The molecule has 0 saturated carbocycles. The Kier molecular flexibility index (Phi) is 5.99. The summed E-state index contributed by atoms with van der Waals surface area (Å²) >= 11 is 0. The fourth-order valence-corrected chi connectivity index (χ4v) is 4.00. The number of hydrogen-bond donors (Lipinski definition) is 1. The van der Waals surface area contributed by atoms with Crippen LogP contribution in [0, 0.1) is 13.8 Å². The number of nitrogens with zero attached hydrogens (tertiary/aromatic N) is 1. The van der Waals surface area contributed by atoms with Crippen LogP contribution in [0.15, 0.2) is 78.9 Å². The molecule has 0 aliphatic carbocycles. The molecule has 0 saturated heterocycles. The molecule has 0 fully saturated rings. The minimum Gasteiger partial charge on any atom is -0.497 e. The van der Waals surface area contributed by atoms with E-state index in [4.69, 9.17) is 9.72 Å². The number of ether oxygens (including phenoxy) is 1. The number of nitrogens with one attached hydrogen (secondary N) is 1. The van der Waals surface area contributed by atoms with Gasteiger partial charge >= 0.3 is 0 Å². The predicted octanol–water partition coefficient (Wildman–Crippen LogP) is 5.31. The highest BCUT2D eigenvalue weighted by Gasteiger charge is 2.19. The third kappa shape index (κ3) is 4.43. The lowest BCUT2D eigenvalue weighted by atomic mass is 9.96. The second-order valence-electron chi connectivity index (χ2n) is 7.68. The quantitative estimate of drug-likeness (QED) is 0.469. The van der Waals surface area contributed by atoms with Crippen LogP contribution >= 0.6 is 0 Å². The summed E-state index contributed by atoms with van der Waals surface area (Å²) in [4.78, 5) is 17.9. The summed E-state index contributed by atoms with van der Waals surface area (Å²) in [5, 5.41) is 4.32. The lowest BCUT2D eigenvalue weighted by Gasteiger charge is -2.21. The fraction of sp³-hybridized carbons (Fsp3) is 0.185. The van der Waals surface area contributed by atoms with Crippen molar-refractivity contribution in [1.82, 2.24) is 10.3 Å². The van der Waals surface area contributed by atoms with Gasteiger partial charge in [-0.05, 0) is 54.3 Å². The number of carbonyl (C=O) groups is 1. The first kappa shape index (κ1) is 20.6. The first-order valence-corrected chi connectivity index (χ1v) is 10.4. The maximum atomic E-state index is 13.2. The van der Waals surface area contributed by atoms with E-state index in [0.29, 0.717) is 0 Å². The van der Waals surface area contributed by atoms with Gasteiger partial charge in [0.15, 0.2) is 0 Å². The zero-order valence-electron chi connectivity index (χ0n) is 18.1. The largest absolute Gasteiger partial charge is 0.497 e. The number of aryl methyl sites for hydroxylation is 2. The van der Waals surface area contributed by atoms with Crippen LogP contribution in [0.2, 0.25) is 0 Å². The van der Waals surface area contributed by atoms with E-state index in [9.17, 15) is 4.79 Å². The Morgan fingerprint density at radius 3 is 2.26 bits per heavy atom. The van der Waals surface area contributed by atoms with Gasteiger partial charge in [-0.15, -0.1) is 0 Å². The summed E-state index contributed by atoms with van der Waals surface area (Å²) in [7, 11) is 1.65. The Bertz CT molecular complexity index is 1200. The van der Waals surface area contributed by atoms with Gasteiger partial charge in [0.25, 0.3) is 0 Å². The Morgan fingerprint density at radius 2 is 1.55 bits per heavy atom. The first-order valence-electron chi connectivity index (χ1n) is 10.4. The monoisotopic (exact) mass is 410 g/mol. The number of carbonyl (C=O) groups excluding carboxylic acids is 1. The molecular weight excluding hydrogens is 384 g/mol. The molecule has 1 atom stereocenters. The molecule has 1 aromatic heterocycles. The highest BCUT2D eigenvalue weighted by Crippen LogP contribution is 2.26. The van der Waals surface area contributed by atoms with Crippen LogP contribution in [0.3, 0.4) is 0 Å². The molecule has 1 amide bonds. The lowest BCUT2D eigenvalue weighted by molar-refractivity contribution is -0.121. The van der Waals surface area contributed by atoms with Crippen molar-refractivity contribution in [3.05, 3.63) is 107 Å². The van der Waals surface area contributed by atoms with Gasteiger partial charge < -0.3 is 10.1 Å². The van der Waals surface area contributed by atoms with E-state index in [1.807, 2.05) is 79.7 Å². The number of pyridine rings is 1. The molecule has 0 aliphatic rings. The molecule has 0 bridgehead atoms. The van der Waals surface area contributed by atoms with Crippen LogP contribution in [-0.4, -0.2) is 18.0 Å². The minimum atomic E-state index is -0.242. The number of benzene rings is 3. The molecule has 4 nitrogen and oxygen atoms in total. The third-order valence-corrected chi connectivity index (χ3v) is 5.71. The number of methoxy groups -OCH3 is 1. The molecule has 4 rings (SSSR count). The van der Waals surface area contributed by atoms with E-state index in [1.54, 1.807) is 7.11 Å². The van der Waals surface area contributed by atoms with E-state index in [-0.39, 0.29) is 18.4 Å². The number of amides is 1. The van der Waals surface area contributed by atoms with Gasteiger partial charge in [0.05, 0.1) is 25.1 Å². The zero-order chi connectivity index (χ0) is 21.8. The summed E-state index contributed by atoms with van der Waals surface area (Å²) in [6.07, 6.45) is 0.287.